The van der Waals surface area contributed by atoms with Crippen molar-refractivity contribution in [3.05, 3.63) is 63.9 Å². The van der Waals surface area contributed by atoms with Crippen LogP contribution in [0.2, 0.25) is 0 Å². The molecule has 0 radical (unpaired) electrons. The van der Waals surface area contributed by atoms with Gasteiger partial charge in [0, 0.05) is 23.5 Å². The van der Waals surface area contributed by atoms with Crippen molar-refractivity contribution >= 4 is 29.7 Å². The fraction of sp³-hybridized carbons (Fsp3) is 0.278. The maximum absolute atomic E-state index is 12.3. The van der Waals surface area contributed by atoms with Gasteiger partial charge in [-0.2, -0.15) is 0 Å². The molecular weight excluding hydrogens is 344 g/mol. The Morgan fingerprint density at radius 2 is 2.21 bits per heavy atom. The van der Waals surface area contributed by atoms with Gasteiger partial charge in [-0.3, -0.25) is 4.79 Å². The number of thiophene rings is 1. The molecule has 0 bridgehead atoms. The number of carbonyl (C=O) groups excluding carboxylic acids is 1. The van der Waals surface area contributed by atoms with Gasteiger partial charge in [0.2, 0.25) is 0 Å². The number of hydrogen-bond acceptors (Lipinski definition) is 4. The first kappa shape index (κ1) is 18.5. The Bertz CT molecular complexity index is 686. The van der Waals surface area contributed by atoms with Crippen molar-refractivity contribution in [1.29, 1.82) is 0 Å². The first-order chi connectivity index (χ1) is 11.3. The first-order valence-corrected chi connectivity index (χ1v) is 8.61. The third-order valence-electron chi connectivity index (χ3n) is 3.69. The Morgan fingerprint density at radius 1 is 1.29 bits per heavy atom. The van der Waals surface area contributed by atoms with E-state index in [2.05, 4.69) is 16.7 Å². The molecule has 0 aliphatic carbocycles. The molecule has 4 nitrogen and oxygen atoms in total. The lowest BCUT2D eigenvalue weighted by Gasteiger charge is -2.14. The number of amides is 1. The average molecular weight is 365 g/mol. The molecule has 24 heavy (non-hydrogen) atoms. The summed E-state index contributed by atoms with van der Waals surface area (Å²) in [7, 11) is 0. The van der Waals surface area contributed by atoms with E-state index in [0.717, 1.165) is 24.4 Å². The van der Waals surface area contributed by atoms with Crippen LogP contribution >= 0.6 is 23.7 Å². The van der Waals surface area contributed by atoms with Crippen molar-refractivity contribution in [1.82, 2.24) is 10.6 Å². The minimum Gasteiger partial charge on any atom is -0.488 e. The summed E-state index contributed by atoms with van der Waals surface area (Å²) < 4.78 is 5.75. The smallest absolute Gasteiger partial charge is 0.251 e. The van der Waals surface area contributed by atoms with Gasteiger partial charge in [-0.05, 0) is 42.6 Å². The molecule has 2 N–H and O–H groups in total. The topological polar surface area (TPSA) is 50.4 Å². The minimum atomic E-state index is -0.0639. The van der Waals surface area contributed by atoms with Gasteiger partial charge in [-0.15, -0.1) is 23.7 Å². The zero-order chi connectivity index (χ0) is 15.9. The molecular formula is C18H21ClN2O2S. The number of benzene rings is 1. The monoisotopic (exact) mass is 364 g/mol. The molecule has 1 aliphatic heterocycles. The zero-order valence-electron chi connectivity index (χ0n) is 13.3. The van der Waals surface area contributed by atoms with Crippen molar-refractivity contribution < 1.29 is 9.53 Å². The fourth-order valence-electron chi connectivity index (χ4n) is 2.40. The van der Waals surface area contributed by atoms with E-state index in [1.807, 2.05) is 35.7 Å². The van der Waals surface area contributed by atoms with Gasteiger partial charge in [0.1, 0.15) is 12.4 Å². The standard InChI is InChI=1S/C18H20N2O2S.ClH/c21-18(20-12-14-6-8-19-9-7-14)15-3-1-4-16(11-15)22-13-17-5-2-10-23-17;/h1-6,10-11,19H,7-9,12-13H2,(H,20,21);1H. The second-order valence-electron chi connectivity index (χ2n) is 5.40. The Balaban J connectivity index is 0.00000208. The summed E-state index contributed by atoms with van der Waals surface area (Å²) in [5.74, 6) is 0.651. The van der Waals surface area contributed by atoms with Gasteiger partial charge >= 0.3 is 0 Å². The Morgan fingerprint density at radius 3 is 2.96 bits per heavy atom. The van der Waals surface area contributed by atoms with Crippen molar-refractivity contribution in [2.24, 2.45) is 0 Å². The van der Waals surface area contributed by atoms with Gasteiger partial charge in [0.25, 0.3) is 5.91 Å². The predicted octanol–water partition coefficient (Wildman–Crippen LogP) is 3.40. The van der Waals surface area contributed by atoms with Crippen LogP contribution in [-0.2, 0) is 6.61 Å². The molecule has 0 fully saturated rings. The van der Waals surface area contributed by atoms with Crippen LogP contribution in [-0.4, -0.2) is 25.5 Å². The Hall–Kier alpha value is -1.82. The van der Waals surface area contributed by atoms with E-state index in [-0.39, 0.29) is 18.3 Å². The van der Waals surface area contributed by atoms with Gasteiger partial charge in [0.05, 0.1) is 0 Å². The molecule has 2 aromatic rings. The molecule has 0 saturated carbocycles. The van der Waals surface area contributed by atoms with Gasteiger partial charge in [0.15, 0.2) is 0 Å². The normalized spacial score (nSPS) is 13.6. The maximum Gasteiger partial charge on any atom is 0.251 e. The van der Waals surface area contributed by atoms with Crippen LogP contribution in [0.25, 0.3) is 0 Å². The van der Waals surface area contributed by atoms with Crippen LogP contribution in [0.15, 0.2) is 53.4 Å². The number of carbonyl (C=O) groups is 1. The number of hydrogen-bond donors (Lipinski definition) is 2. The van der Waals surface area contributed by atoms with Gasteiger partial charge in [-0.1, -0.05) is 23.8 Å². The molecule has 0 atom stereocenters. The Kier molecular flexibility index (Phi) is 7.31. The molecule has 0 unspecified atom stereocenters. The average Bonchev–Trinajstić information content (AvgIpc) is 3.12. The van der Waals surface area contributed by atoms with E-state index in [1.165, 1.54) is 5.57 Å². The molecule has 1 amide bonds. The summed E-state index contributed by atoms with van der Waals surface area (Å²) >= 11 is 1.66. The first-order valence-electron chi connectivity index (χ1n) is 7.73. The summed E-state index contributed by atoms with van der Waals surface area (Å²) in [5, 5.41) is 8.27. The SMILES string of the molecule is Cl.O=C(NCC1=CCNCC1)c1cccc(OCc2cccs2)c1. The Labute approximate surface area is 152 Å². The summed E-state index contributed by atoms with van der Waals surface area (Å²) in [6.45, 7) is 3.01. The quantitative estimate of drug-likeness (QED) is 0.772. The van der Waals surface area contributed by atoms with E-state index in [4.69, 9.17) is 4.74 Å². The molecule has 0 spiro atoms. The number of halogens is 1. The number of rotatable bonds is 6. The summed E-state index contributed by atoms with van der Waals surface area (Å²) in [6, 6.07) is 11.4. The molecule has 3 rings (SSSR count). The van der Waals surface area contributed by atoms with Crippen molar-refractivity contribution in [2.45, 2.75) is 13.0 Å². The molecule has 1 aromatic heterocycles. The molecule has 2 heterocycles. The van der Waals surface area contributed by atoms with Crippen LogP contribution in [0.4, 0.5) is 0 Å². The zero-order valence-corrected chi connectivity index (χ0v) is 14.9. The molecule has 128 valence electrons. The van der Waals surface area contributed by atoms with Crippen molar-refractivity contribution in [2.75, 3.05) is 19.6 Å². The van der Waals surface area contributed by atoms with Crippen LogP contribution in [0.3, 0.4) is 0 Å². The van der Waals surface area contributed by atoms with E-state index in [0.29, 0.717) is 24.5 Å². The highest BCUT2D eigenvalue weighted by Gasteiger charge is 2.09. The summed E-state index contributed by atoms with van der Waals surface area (Å²) in [4.78, 5) is 13.4. The highest BCUT2D eigenvalue weighted by atomic mass is 35.5. The van der Waals surface area contributed by atoms with Gasteiger partial charge in [-0.25, -0.2) is 0 Å². The van der Waals surface area contributed by atoms with Gasteiger partial charge < -0.3 is 15.4 Å². The van der Waals surface area contributed by atoms with Crippen LogP contribution in [0.1, 0.15) is 21.7 Å². The second kappa shape index (κ2) is 9.47. The highest BCUT2D eigenvalue weighted by molar-refractivity contribution is 7.09. The summed E-state index contributed by atoms with van der Waals surface area (Å²) in [5.41, 5.74) is 1.91. The number of ether oxygens (including phenoxy) is 1. The lowest BCUT2D eigenvalue weighted by atomic mass is 10.1. The molecule has 1 aromatic carbocycles. The van der Waals surface area contributed by atoms with Crippen molar-refractivity contribution in [3.8, 4) is 5.75 Å². The largest absolute Gasteiger partial charge is 0.488 e. The second-order valence-corrected chi connectivity index (χ2v) is 6.43. The highest BCUT2D eigenvalue weighted by Crippen LogP contribution is 2.17. The summed E-state index contributed by atoms with van der Waals surface area (Å²) in [6.07, 6.45) is 3.13. The van der Waals surface area contributed by atoms with E-state index >= 15 is 0 Å². The van der Waals surface area contributed by atoms with Crippen molar-refractivity contribution in [3.63, 3.8) is 0 Å². The fourth-order valence-corrected chi connectivity index (χ4v) is 3.02. The lowest BCUT2D eigenvalue weighted by Crippen LogP contribution is -2.29. The number of nitrogens with one attached hydrogen (secondary N) is 2. The maximum atomic E-state index is 12.3. The third-order valence-corrected chi connectivity index (χ3v) is 4.54. The van der Waals surface area contributed by atoms with E-state index < -0.39 is 0 Å². The molecule has 0 saturated heterocycles. The van der Waals surface area contributed by atoms with Crippen LogP contribution in [0.5, 0.6) is 5.75 Å². The molecule has 6 heteroatoms. The van der Waals surface area contributed by atoms with Crippen LogP contribution < -0.4 is 15.4 Å². The van der Waals surface area contributed by atoms with E-state index in [1.54, 1.807) is 17.4 Å². The molecule has 1 aliphatic rings. The predicted molar refractivity (Wildman–Crippen MR) is 100 cm³/mol. The minimum absolute atomic E-state index is 0. The van der Waals surface area contributed by atoms with Crippen LogP contribution in [0, 0.1) is 0 Å². The van der Waals surface area contributed by atoms with E-state index in [9.17, 15) is 4.79 Å². The lowest BCUT2D eigenvalue weighted by molar-refractivity contribution is 0.0956. The third kappa shape index (κ3) is 5.37.